The fourth-order valence-corrected chi connectivity index (χ4v) is 3.87. The molecule has 0 aromatic carbocycles. The number of aliphatic hydroxyl groups is 1. The molecular formula is C12H23NOS. The van der Waals surface area contributed by atoms with Crippen LogP contribution in [0, 0.1) is 11.8 Å². The van der Waals surface area contributed by atoms with Gasteiger partial charge in [-0.1, -0.05) is 0 Å². The monoisotopic (exact) mass is 229 g/mol. The summed E-state index contributed by atoms with van der Waals surface area (Å²) >= 11 is 2.10. The van der Waals surface area contributed by atoms with Crippen molar-refractivity contribution in [1.29, 1.82) is 0 Å². The van der Waals surface area contributed by atoms with Crippen LogP contribution in [-0.4, -0.2) is 35.8 Å². The van der Waals surface area contributed by atoms with Gasteiger partial charge in [-0.05, 0) is 68.5 Å². The van der Waals surface area contributed by atoms with Gasteiger partial charge in [-0.25, -0.2) is 0 Å². The third-order valence-corrected chi connectivity index (χ3v) is 4.94. The fraction of sp³-hybridized carbons (Fsp3) is 1.00. The van der Waals surface area contributed by atoms with E-state index in [9.17, 15) is 5.11 Å². The zero-order chi connectivity index (χ0) is 10.5. The summed E-state index contributed by atoms with van der Waals surface area (Å²) in [6.45, 7) is 2.39. The van der Waals surface area contributed by atoms with Gasteiger partial charge >= 0.3 is 0 Å². The van der Waals surface area contributed by atoms with E-state index in [1.54, 1.807) is 0 Å². The average molecular weight is 229 g/mol. The summed E-state index contributed by atoms with van der Waals surface area (Å²) in [6.07, 6.45) is 5.87. The molecule has 0 aromatic heterocycles. The molecule has 0 spiro atoms. The Hall–Kier alpha value is 0.270. The summed E-state index contributed by atoms with van der Waals surface area (Å²) in [4.78, 5) is 0. The fourth-order valence-electron chi connectivity index (χ4n) is 2.58. The van der Waals surface area contributed by atoms with Crippen LogP contribution in [0.2, 0.25) is 0 Å². The highest BCUT2D eigenvalue weighted by molar-refractivity contribution is 7.99. The molecule has 2 fully saturated rings. The Morgan fingerprint density at radius 1 is 1.00 bits per heavy atom. The van der Waals surface area contributed by atoms with Gasteiger partial charge in [0.1, 0.15) is 0 Å². The first-order valence-corrected chi connectivity index (χ1v) is 7.46. The van der Waals surface area contributed by atoms with E-state index < -0.39 is 0 Å². The van der Waals surface area contributed by atoms with E-state index in [2.05, 4.69) is 17.1 Å². The first-order valence-electron chi connectivity index (χ1n) is 6.31. The van der Waals surface area contributed by atoms with Gasteiger partial charge in [-0.2, -0.15) is 11.8 Å². The molecule has 1 aliphatic carbocycles. The second kappa shape index (κ2) is 6.12. The summed E-state index contributed by atoms with van der Waals surface area (Å²) in [5, 5.41) is 13.0. The standard InChI is InChI=1S/C12H23NOS/c14-12-3-1-10(2-4-12)7-13-8-11-5-6-15-9-11/h10-14H,1-9H2. The molecule has 2 nitrogen and oxygen atoms in total. The molecule has 0 aromatic rings. The molecule has 3 heteroatoms. The maximum Gasteiger partial charge on any atom is 0.0540 e. The zero-order valence-corrected chi connectivity index (χ0v) is 10.3. The minimum absolute atomic E-state index is 0.00696. The molecule has 1 saturated carbocycles. The lowest BCUT2D eigenvalue weighted by Gasteiger charge is -2.26. The number of thioether (sulfide) groups is 1. The Bertz CT molecular complexity index is 174. The number of hydrogen-bond donors (Lipinski definition) is 2. The number of nitrogens with one attached hydrogen (secondary N) is 1. The van der Waals surface area contributed by atoms with Gasteiger partial charge in [0.2, 0.25) is 0 Å². The number of rotatable bonds is 4. The van der Waals surface area contributed by atoms with Crippen LogP contribution in [0.3, 0.4) is 0 Å². The molecular weight excluding hydrogens is 206 g/mol. The molecule has 88 valence electrons. The van der Waals surface area contributed by atoms with Crippen LogP contribution in [0.1, 0.15) is 32.1 Å². The van der Waals surface area contributed by atoms with Crippen molar-refractivity contribution in [2.24, 2.45) is 11.8 Å². The Balaban J connectivity index is 1.53. The highest BCUT2D eigenvalue weighted by Crippen LogP contribution is 2.25. The Labute approximate surface area is 97.2 Å². The highest BCUT2D eigenvalue weighted by Gasteiger charge is 2.20. The molecule has 2 rings (SSSR count). The first kappa shape index (κ1) is 11.7. The van der Waals surface area contributed by atoms with E-state index in [4.69, 9.17) is 0 Å². The zero-order valence-electron chi connectivity index (χ0n) is 9.45. The predicted octanol–water partition coefficient (Wildman–Crippen LogP) is 1.88. The topological polar surface area (TPSA) is 32.3 Å². The highest BCUT2D eigenvalue weighted by atomic mass is 32.2. The lowest BCUT2D eigenvalue weighted by atomic mass is 9.87. The van der Waals surface area contributed by atoms with Crippen LogP contribution in [0.25, 0.3) is 0 Å². The van der Waals surface area contributed by atoms with Crippen molar-refractivity contribution in [3.63, 3.8) is 0 Å². The van der Waals surface area contributed by atoms with Gasteiger partial charge < -0.3 is 10.4 Å². The van der Waals surface area contributed by atoms with E-state index >= 15 is 0 Å². The maximum atomic E-state index is 9.40. The van der Waals surface area contributed by atoms with Gasteiger partial charge in [-0.15, -0.1) is 0 Å². The van der Waals surface area contributed by atoms with Crippen LogP contribution in [0.5, 0.6) is 0 Å². The van der Waals surface area contributed by atoms with E-state index in [1.807, 2.05) is 0 Å². The third kappa shape index (κ3) is 3.97. The van der Waals surface area contributed by atoms with Gasteiger partial charge in [0, 0.05) is 0 Å². The summed E-state index contributed by atoms with van der Waals surface area (Å²) in [5.74, 6) is 4.46. The Morgan fingerprint density at radius 3 is 2.40 bits per heavy atom. The Morgan fingerprint density at radius 2 is 1.73 bits per heavy atom. The lowest BCUT2D eigenvalue weighted by Crippen LogP contribution is -2.31. The lowest BCUT2D eigenvalue weighted by molar-refractivity contribution is 0.108. The molecule has 15 heavy (non-hydrogen) atoms. The van der Waals surface area contributed by atoms with Crippen LogP contribution >= 0.6 is 11.8 Å². The van der Waals surface area contributed by atoms with Gasteiger partial charge in [0.15, 0.2) is 0 Å². The minimum Gasteiger partial charge on any atom is -0.393 e. The van der Waals surface area contributed by atoms with E-state index in [-0.39, 0.29) is 6.10 Å². The van der Waals surface area contributed by atoms with Crippen molar-refractivity contribution in [3.05, 3.63) is 0 Å². The molecule has 1 atom stereocenters. The second-order valence-electron chi connectivity index (χ2n) is 5.06. The van der Waals surface area contributed by atoms with E-state index in [0.29, 0.717) is 0 Å². The minimum atomic E-state index is -0.00696. The van der Waals surface area contributed by atoms with Gasteiger partial charge in [0.25, 0.3) is 0 Å². The largest absolute Gasteiger partial charge is 0.393 e. The van der Waals surface area contributed by atoms with Gasteiger partial charge in [-0.3, -0.25) is 0 Å². The molecule has 0 radical (unpaired) electrons. The summed E-state index contributed by atoms with van der Waals surface area (Å²) < 4.78 is 0. The van der Waals surface area contributed by atoms with Crippen LogP contribution < -0.4 is 5.32 Å². The molecule has 1 heterocycles. The molecule has 1 aliphatic heterocycles. The van der Waals surface area contributed by atoms with Crippen molar-refractivity contribution >= 4 is 11.8 Å². The molecule has 1 unspecified atom stereocenters. The molecule has 2 N–H and O–H groups in total. The second-order valence-corrected chi connectivity index (χ2v) is 6.21. The summed E-state index contributed by atoms with van der Waals surface area (Å²) in [6, 6.07) is 0. The van der Waals surface area contributed by atoms with Crippen molar-refractivity contribution in [2.45, 2.75) is 38.2 Å². The maximum absolute atomic E-state index is 9.40. The number of hydrogen-bond acceptors (Lipinski definition) is 3. The van der Waals surface area contributed by atoms with Crippen molar-refractivity contribution < 1.29 is 5.11 Å². The van der Waals surface area contributed by atoms with Crippen LogP contribution in [0.4, 0.5) is 0 Å². The van der Waals surface area contributed by atoms with Crippen molar-refractivity contribution in [3.8, 4) is 0 Å². The van der Waals surface area contributed by atoms with Crippen molar-refractivity contribution in [2.75, 3.05) is 24.6 Å². The predicted molar refractivity (Wildman–Crippen MR) is 66.3 cm³/mol. The molecule has 2 aliphatic rings. The number of aliphatic hydroxyl groups excluding tert-OH is 1. The Kier molecular flexibility index (Phi) is 4.79. The van der Waals surface area contributed by atoms with Gasteiger partial charge in [0.05, 0.1) is 6.10 Å². The van der Waals surface area contributed by atoms with Crippen molar-refractivity contribution in [1.82, 2.24) is 5.32 Å². The van der Waals surface area contributed by atoms with E-state index in [1.165, 1.54) is 43.9 Å². The first-order chi connectivity index (χ1) is 7.34. The quantitative estimate of drug-likeness (QED) is 0.772. The molecule has 0 bridgehead atoms. The van der Waals surface area contributed by atoms with E-state index in [0.717, 1.165) is 24.7 Å². The smallest absolute Gasteiger partial charge is 0.0540 e. The molecule has 0 amide bonds. The third-order valence-electron chi connectivity index (χ3n) is 3.71. The normalized spacial score (nSPS) is 37.0. The summed E-state index contributed by atoms with van der Waals surface area (Å²) in [7, 11) is 0. The average Bonchev–Trinajstić information content (AvgIpc) is 2.74. The molecule has 1 saturated heterocycles. The SMILES string of the molecule is OC1CCC(CNCC2CCSC2)CC1. The van der Waals surface area contributed by atoms with Crippen LogP contribution in [-0.2, 0) is 0 Å². The summed E-state index contributed by atoms with van der Waals surface area (Å²) in [5.41, 5.74) is 0. The van der Waals surface area contributed by atoms with Crippen LogP contribution in [0.15, 0.2) is 0 Å².